The molecule has 0 bridgehead atoms. The van der Waals surface area contributed by atoms with Gasteiger partial charge < -0.3 is 10.2 Å². The van der Waals surface area contributed by atoms with Gasteiger partial charge in [-0.05, 0) is 63.0 Å². The van der Waals surface area contributed by atoms with Gasteiger partial charge in [0.05, 0.1) is 0 Å². The fourth-order valence-corrected chi connectivity index (χ4v) is 4.03. The first-order valence-corrected chi connectivity index (χ1v) is 10.0. The van der Waals surface area contributed by atoms with E-state index in [1.54, 1.807) is 0 Å². The SMILES string of the molecule is O=C(CC1CCN(c2ccc3nnc(C4CC4)n3n2)CC1)NC1CCC1. The maximum atomic E-state index is 12.1. The average molecular weight is 354 g/mol. The third-order valence-electron chi connectivity index (χ3n) is 6.10. The van der Waals surface area contributed by atoms with E-state index >= 15 is 0 Å². The minimum Gasteiger partial charge on any atom is -0.355 e. The lowest BCUT2D eigenvalue weighted by molar-refractivity contribution is -0.123. The Morgan fingerprint density at radius 3 is 2.58 bits per heavy atom. The van der Waals surface area contributed by atoms with Crippen molar-refractivity contribution >= 4 is 17.4 Å². The van der Waals surface area contributed by atoms with Gasteiger partial charge in [0.15, 0.2) is 11.5 Å². The predicted octanol–water partition coefficient (Wildman–Crippen LogP) is 2.28. The molecule has 3 aliphatic rings. The Labute approximate surface area is 153 Å². The first-order chi connectivity index (χ1) is 12.8. The van der Waals surface area contributed by atoms with Crippen LogP contribution in [0, 0.1) is 5.92 Å². The zero-order chi connectivity index (χ0) is 17.5. The monoisotopic (exact) mass is 354 g/mol. The van der Waals surface area contributed by atoms with E-state index in [4.69, 9.17) is 5.10 Å². The van der Waals surface area contributed by atoms with Crippen LogP contribution in [0.15, 0.2) is 12.1 Å². The molecule has 0 unspecified atom stereocenters. The lowest BCUT2D eigenvalue weighted by Crippen LogP contribution is -2.41. The van der Waals surface area contributed by atoms with Crippen LogP contribution in [-0.2, 0) is 4.79 Å². The van der Waals surface area contributed by atoms with Crippen LogP contribution in [-0.4, -0.2) is 44.8 Å². The molecule has 0 aromatic carbocycles. The number of aromatic nitrogens is 4. The summed E-state index contributed by atoms with van der Waals surface area (Å²) in [6, 6.07) is 4.51. The van der Waals surface area contributed by atoms with Crippen molar-refractivity contribution in [2.45, 2.75) is 63.3 Å². The molecule has 1 N–H and O–H groups in total. The van der Waals surface area contributed by atoms with Gasteiger partial charge in [0.2, 0.25) is 5.91 Å². The number of nitrogens with one attached hydrogen (secondary N) is 1. The highest BCUT2D eigenvalue weighted by atomic mass is 16.1. The van der Waals surface area contributed by atoms with Crippen LogP contribution in [0.5, 0.6) is 0 Å². The van der Waals surface area contributed by atoms with Crippen molar-refractivity contribution in [3.05, 3.63) is 18.0 Å². The Morgan fingerprint density at radius 1 is 1.08 bits per heavy atom. The fraction of sp³-hybridized carbons (Fsp3) is 0.684. The summed E-state index contributed by atoms with van der Waals surface area (Å²) in [6.45, 7) is 1.92. The Balaban J connectivity index is 1.20. The average Bonchev–Trinajstić information content (AvgIpc) is 3.38. The molecule has 7 heteroatoms. The van der Waals surface area contributed by atoms with Gasteiger partial charge in [-0.3, -0.25) is 4.79 Å². The lowest BCUT2D eigenvalue weighted by atomic mass is 9.90. The topological polar surface area (TPSA) is 75.4 Å². The summed E-state index contributed by atoms with van der Waals surface area (Å²) >= 11 is 0. The van der Waals surface area contributed by atoms with E-state index in [-0.39, 0.29) is 5.91 Å². The number of carbonyl (C=O) groups is 1. The van der Waals surface area contributed by atoms with Crippen LogP contribution in [0.2, 0.25) is 0 Å². The van der Waals surface area contributed by atoms with Crippen molar-refractivity contribution in [1.29, 1.82) is 0 Å². The number of rotatable bonds is 5. The van der Waals surface area contributed by atoms with Crippen molar-refractivity contribution in [2.75, 3.05) is 18.0 Å². The molecule has 0 radical (unpaired) electrons. The Hall–Kier alpha value is -2.18. The Kier molecular flexibility index (Phi) is 4.02. The van der Waals surface area contributed by atoms with Gasteiger partial charge in [-0.15, -0.1) is 15.3 Å². The van der Waals surface area contributed by atoms with Crippen LogP contribution in [0.1, 0.15) is 63.1 Å². The summed E-state index contributed by atoms with van der Waals surface area (Å²) in [5.74, 6) is 3.27. The number of piperidine rings is 1. The van der Waals surface area contributed by atoms with Crippen molar-refractivity contribution in [3.8, 4) is 0 Å². The first kappa shape index (κ1) is 16.0. The van der Waals surface area contributed by atoms with E-state index < -0.39 is 0 Å². The fourth-order valence-electron chi connectivity index (χ4n) is 4.03. The van der Waals surface area contributed by atoms with Gasteiger partial charge in [0.1, 0.15) is 5.82 Å². The lowest BCUT2D eigenvalue weighted by Gasteiger charge is -2.33. The second-order valence-corrected chi connectivity index (χ2v) is 8.12. The molecule has 1 amide bonds. The molecule has 0 spiro atoms. The van der Waals surface area contributed by atoms with Crippen LogP contribution >= 0.6 is 0 Å². The van der Waals surface area contributed by atoms with E-state index in [2.05, 4.69) is 20.4 Å². The van der Waals surface area contributed by atoms with Crippen molar-refractivity contribution in [3.63, 3.8) is 0 Å². The van der Waals surface area contributed by atoms with Crippen LogP contribution in [0.4, 0.5) is 5.82 Å². The number of hydrogen-bond acceptors (Lipinski definition) is 5. The second-order valence-electron chi connectivity index (χ2n) is 8.12. The molecule has 1 saturated heterocycles. The molecule has 3 fully saturated rings. The van der Waals surface area contributed by atoms with Gasteiger partial charge in [0, 0.05) is 31.5 Å². The third-order valence-corrected chi connectivity index (χ3v) is 6.10. The summed E-state index contributed by atoms with van der Waals surface area (Å²) in [4.78, 5) is 14.5. The summed E-state index contributed by atoms with van der Waals surface area (Å²) in [5, 5.41) is 16.5. The molecule has 2 saturated carbocycles. The zero-order valence-corrected chi connectivity index (χ0v) is 15.1. The Morgan fingerprint density at radius 2 is 1.88 bits per heavy atom. The normalized spacial score (nSPS) is 21.8. The summed E-state index contributed by atoms with van der Waals surface area (Å²) in [5.41, 5.74) is 0.832. The van der Waals surface area contributed by atoms with Crippen LogP contribution in [0.25, 0.3) is 5.65 Å². The van der Waals surface area contributed by atoms with Crippen molar-refractivity contribution in [2.24, 2.45) is 5.92 Å². The maximum Gasteiger partial charge on any atom is 0.220 e. The minimum absolute atomic E-state index is 0.242. The molecule has 26 heavy (non-hydrogen) atoms. The van der Waals surface area contributed by atoms with E-state index in [1.165, 1.54) is 19.3 Å². The second kappa shape index (κ2) is 6.52. The van der Waals surface area contributed by atoms with Gasteiger partial charge in [0.25, 0.3) is 0 Å². The van der Waals surface area contributed by atoms with Crippen LogP contribution in [0.3, 0.4) is 0 Å². The highest BCUT2D eigenvalue weighted by Crippen LogP contribution is 2.38. The molecular formula is C19H26N6O. The highest BCUT2D eigenvalue weighted by molar-refractivity contribution is 5.76. The van der Waals surface area contributed by atoms with Crippen molar-refractivity contribution < 1.29 is 4.79 Å². The first-order valence-electron chi connectivity index (χ1n) is 10.0. The number of nitrogens with zero attached hydrogens (tertiary/aromatic N) is 5. The molecule has 2 aromatic rings. The Bertz CT molecular complexity index is 801. The van der Waals surface area contributed by atoms with E-state index in [0.717, 1.165) is 56.1 Å². The van der Waals surface area contributed by atoms with Gasteiger partial charge in [-0.1, -0.05) is 0 Å². The minimum atomic E-state index is 0.242. The molecule has 2 aromatic heterocycles. The molecule has 1 aliphatic heterocycles. The smallest absolute Gasteiger partial charge is 0.220 e. The summed E-state index contributed by atoms with van der Waals surface area (Å²) in [6.07, 6.45) is 8.74. The van der Waals surface area contributed by atoms with Crippen LogP contribution < -0.4 is 10.2 Å². The number of anilines is 1. The number of fused-ring (bicyclic) bond motifs is 1. The third kappa shape index (κ3) is 3.15. The number of hydrogen-bond donors (Lipinski definition) is 1. The molecule has 0 atom stereocenters. The molecule has 2 aliphatic carbocycles. The van der Waals surface area contributed by atoms with Gasteiger partial charge in [-0.25, -0.2) is 0 Å². The molecular weight excluding hydrogens is 328 g/mol. The summed E-state index contributed by atoms with van der Waals surface area (Å²) < 4.78 is 1.92. The van der Waals surface area contributed by atoms with E-state index in [0.29, 0.717) is 24.3 Å². The molecule has 3 heterocycles. The van der Waals surface area contributed by atoms with E-state index in [1.807, 2.05) is 16.6 Å². The number of amides is 1. The molecule has 5 rings (SSSR count). The van der Waals surface area contributed by atoms with Gasteiger partial charge in [-0.2, -0.15) is 4.52 Å². The summed E-state index contributed by atoms with van der Waals surface area (Å²) in [7, 11) is 0. The number of carbonyl (C=O) groups excluding carboxylic acids is 1. The maximum absolute atomic E-state index is 12.1. The molecule has 138 valence electrons. The largest absolute Gasteiger partial charge is 0.355 e. The van der Waals surface area contributed by atoms with Crippen molar-refractivity contribution in [1.82, 2.24) is 25.1 Å². The standard InChI is InChI=1S/C19H26N6O/c26-18(20-15-2-1-3-15)12-13-8-10-24(11-9-13)17-7-6-16-21-22-19(14-4-5-14)25(16)23-17/h6-7,13-15H,1-5,8-12H2,(H,20,26). The quantitative estimate of drug-likeness (QED) is 0.891. The highest BCUT2D eigenvalue weighted by Gasteiger charge is 2.30. The molecule has 7 nitrogen and oxygen atoms in total. The zero-order valence-electron chi connectivity index (χ0n) is 15.1. The predicted molar refractivity (Wildman–Crippen MR) is 98.1 cm³/mol. The van der Waals surface area contributed by atoms with E-state index in [9.17, 15) is 4.79 Å². The van der Waals surface area contributed by atoms with Gasteiger partial charge >= 0.3 is 0 Å².